The third kappa shape index (κ3) is 2.96. The van der Waals surface area contributed by atoms with Crippen molar-refractivity contribution in [1.82, 2.24) is 0 Å². The van der Waals surface area contributed by atoms with Crippen molar-refractivity contribution in [3.8, 4) is 0 Å². The molecule has 1 aromatic rings. The molecule has 0 saturated carbocycles. The molecule has 0 aromatic heterocycles. The van der Waals surface area contributed by atoms with Gasteiger partial charge in [-0.25, -0.2) is 4.39 Å². The number of methoxy groups -OCH3 is 1. The molecule has 1 fully saturated rings. The molecular formula is C14H19ClFNO. The summed E-state index contributed by atoms with van der Waals surface area (Å²) in [5.41, 5.74) is 1.54. The first-order valence-corrected chi connectivity index (χ1v) is 6.87. The monoisotopic (exact) mass is 271 g/mol. The highest BCUT2D eigenvalue weighted by Crippen LogP contribution is 2.29. The molecule has 0 amide bonds. The van der Waals surface area contributed by atoms with Gasteiger partial charge in [-0.3, -0.25) is 0 Å². The zero-order chi connectivity index (χ0) is 13.0. The first-order chi connectivity index (χ1) is 8.76. The van der Waals surface area contributed by atoms with Gasteiger partial charge >= 0.3 is 0 Å². The third-order valence-corrected chi connectivity index (χ3v) is 3.76. The summed E-state index contributed by atoms with van der Waals surface area (Å²) in [7, 11) is 1.73. The Morgan fingerprint density at radius 2 is 2.33 bits per heavy atom. The number of ether oxygens (including phenoxy) is 1. The first kappa shape index (κ1) is 13.6. The second-order valence-corrected chi connectivity index (χ2v) is 5.05. The van der Waals surface area contributed by atoms with Crippen molar-refractivity contribution in [2.75, 3.05) is 31.7 Å². The van der Waals surface area contributed by atoms with E-state index in [2.05, 4.69) is 4.90 Å². The Labute approximate surface area is 113 Å². The summed E-state index contributed by atoms with van der Waals surface area (Å²) >= 11 is 5.86. The Morgan fingerprint density at radius 1 is 1.50 bits per heavy atom. The van der Waals surface area contributed by atoms with Crippen LogP contribution in [0.4, 0.5) is 10.1 Å². The summed E-state index contributed by atoms with van der Waals surface area (Å²) in [6.45, 7) is 2.65. The fourth-order valence-corrected chi connectivity index (χ4v) is 2.90. The van der Waals surface area contributed by atoms with Gasteiger partial charge in [0.15, 0.2) is 0 Å². The molecule has 0 bridgehead atoms. The van der Waals surface area contributed by atoms with Crippen molar-refractivity contribution >= 4 is 17.3 Å². The van der Waals surface area contributed by atoms with Crippen LogP contribution in [0.15, 0.2) is 18.2 Å². The van der Waals surface area contributed by atoms with Crippen LogP contribution in [0.2, 0.25) is 0 Å². The van der Waals surface area contributed by atoms with E-state index in [9.17, 15) is 4.39 Å². The Hall–Kier alpha value is -0.800. The Morgan fingerprint density at radius 3 is 3.06 bits per heavy atom. The standard InChI is InChI=1S/C14H19ClFNO/c1-18-10-11-4-3-7-17(9-11)14-6-2-5-13(16)12(14)8-15/h2,5-6,11H,3-4,7-10H2,1H3. The summed E-state index contributed by atoms with van der Waals surface area (Å²) in [5.74, 6) is 0.527. The van der Waals surface area contributed by atoms with Gasteiger partial charge in [-0.15, -0.1) is 11.6 Å². The van der Waals surface area contributed by atoms with E-state index in [1.54, 1.807) is 13.2 Å². The van der Waals surface area contributed by atoms with Gasteiger partial charge in [0.2, 0.25) is 0 Å². The van der Waals surface area contributed by atoms with E-state index >= 15 is 0 Å². The Bertz CT molecular complexity index is 397. The van der Waals surface area contributed by atoms with E-state index in [4.69, 9.17) is 16.3 Å². The third-order valence-electron chi connectivity index (χ3n) is 3.49. The van der Waals surface area contributed by atoms with Crippen LogP contribution < -0.4 is 4.90 Å². The fraction of sp³-hybridized carbons (Fsp3) is 0.571. The summed E-state index contributed by atoms with van der Waals surface area (Å²) in [6.07, 6.45) is 2.29. The zero-order valence-electron chi connectivity index (χ0n) is 10.7. The molecule has 0 N–H and O–H groups in total. The molecule has 1 saturated heterocycles. The Kier molecular flexibility index (Phi) is 4.84. The maximum Gasteiger partial charge on any atom is 0.129 e. The normalized spacial score (nSPS) is 20.2. The van der Waals surface area contributed by atoms with E-state index in [1.807, 2.05) is 6.07 Å². The number of hydrogen-bond donors (Lipinski definition) is 0. The Balaban J connectivity index is 2.18. The molecule has 1 heterocycles. The molecule has 0 radical (unpaired) electrons. The average molecular weight is 272 g/mol. The molecule has 1 atom stereocenters. The average Bonchev–Trinajstić information content (AvgIpc) is 2.39. The highest BCUT2D eigenvalue weighted by Gasteiger charge is 2.22. The summed E-state index contributed by atoms with van der Waals surface area (Å²) in [6, 6.07) is 5.18. The number of hydrogen-bond acceptors (Lipinski definition) is 2. The molecular weight excluding hydrogens is 253 g/mol. The maximum absolute atomic E-state index is 13.7. The van der Waals surface area contributed by atoms with Crippen molar-refractivity contribution in [1.29, 1.82) is 0 Å². The molecule has 0 aliphatic carbocycles. The summed E-state index contributed by atoms with van der Waals surface area (Å²) < 4.78 is 18.9. The molecule has 1 aliphatic heterocycles. The number of alkyl halides is 1. The minimum atomic E-state index is -0.212. The lowest BCUT2D eigenvalue weighted by Crippen LogP contribution is -2.37. The number of anilines is 1. The minimum absolute atomic E-state index is 0.212. The molecule has 1 aliphatic rings. The van der Waals surface area contributed by atoms with Crippen LogP contribution in [-0.2, 0) is 10.6 Å². The number of nitrogens with zero attached hydrogens (tertiary/aromatic N) is 1. The topological polar surface area (TPSA) is 12.5 Å². The lowest BCUT2D eigenvalue weighted by Gasteiger charge is -2.35. The molecule has 100 valence electrons. The van der Waals surface area contributed by atoms with Gasteiger partial charge in [0, 0.05) is 31.5 Å². The van der Waals surface area contributed by atoms with Crippen LogP contribution >= 0.6 is 11.6 Å². The van der Waals surface area contributed by atoms with Crippen molar-refractivity contribution in [3.05, 3.63) is 29.6 Å². The second kappa shape index (κ2) is 6.39. The zero-order valence-corrected chi connectivity index (χ0v) is 11.4. The number of piperidine rings is 1. The first-order valence-electron chi connectivity index (χ1n) is 6.33. The van der Waals surface area contributed by atoms with E-state index in [0.717, 1.165) is 31.8 Å². The van der Waals surface area contributed by atoms with Crippen molar-refractivity contribution in [2.24, 2.45) is 5.92 Å². The van der Waals surface area contributed by atoms with E-state index in [-0.39, 0.29) is 11.7 Å². The predicted octanol–water partition coefficient (Wildman–Crippen LogP) is 3.43. The summed E-state index contributed by atoms with van der Waals surface area (Å²) in [5, 5.41) is 0. The lowest BCUT2D eigenvalue weighted by molar-refractivity contribution is 0.143. The van der Waals surface area contributed by atoms with Crippen molar-refractivity contribution in [2.45, 2.75) is 18.7 Å². The van der Waals surface area contributed by atoms with Gasteiger partial charge in [0.1, 0.15) is 5.82 Å². The molecule has 4 heteroatoms. The number of rotatable bonds is 4. The highest BCUT2D eigenvalue weighted by molar-refractivity contribution is 6.17. The van der Waals surface area contributed by atoms with Gasteiger partial charge in [-0.05, 0) is 30.9 Å². The van der Waals surface area contributed by atoms with Gasteiger partial charge in [-0.1, -0.05) is 6.07 Å². The highest BCUT2D eigenvalue weighted by atomic mass is 35.5. The SMILES string of the molecule is COCC1CCCN(c2cccc(F)c2CCl)C1. The van der Waals surface area contributed by atoms with Gasteiger partial charge in [-0.2, -0.15) is 0 Å². The smallest absolute Gasteiger partial charge is 0.129 e. The van der Waals surface area contributed by atoms with Crippen LogP contribution in [0, 0.1) is 11.7 Å². The van der Waals surface area contributed by atoms with Gasteiger partial charge < -0.3 is 9.64 Å². The van der Waals surface area contributed by atoms with Crippen molar-refractivity contribution < 1.29 is 9.13 Å². The van der Waals surface area contributed by atoms with Crippen LogP contribution in [-0.4, -0.2) is 26.8 Å². The molecule has 18 heavy (non-hydrogen) atoms. The van der Waals surface area contributed by atoms with Crippen LogP contribution in [0.1, 0.15) is 18.4 Å². The lowest BCUT2D eigenvalue weighted by atomic mass is 9.97. The summed E-state index contributed by atoms with van der Waals surface area (Å²) in [4.78, 5) is 2.23. The van der Waals surface area contributed by atoms with Gasteiger partial charge in [0.25, 0.3) is 0 Å². The van der Waals surface area contributed by atoms with Gasteiger partial charge in [0.05, 0.1) is 12.5 Å². The maximum atomic E-state index is 13.7. The fourth-order valence-electron chi connectivity index (χ4n) is 2.63. The quantitative estimate of drug-likeness (QED) is 0.778. The van der Waals surface area contributed by atoms with Crippen LogP contribution in [0.3, 0.4) is 0 Å². The van der Waals surface area contributed by atoms with E-state index in [0.29, 0.717) is 11.5 Å². The van der Waals surface area contributed by atoms with E-state index in [1.165, 1.54) is 12.5 Å². The molecule has 1 unspecified atom stereocenters. The number of halogens is 2. The largest absolute Gasteiger partial charge is 0.384 e. The van der Waals surface area contributed by atoms with Crippen molar-refractivity contribution in [3.63, 3.8) is 0 Å². The molecule has 1 aromatic carbocycles. The molecule has 0 spiro atoms. The van der Waals surface area contributed by atoms with Crippen LogP contribution in [0.5, 0.6) is 0 Å². The second-order valence-electron chi connectivity index (χ2n) is 4.78. The minimum Gasteiger partial charge on any atom is -0.384 e. The van der Waals surface area contributed by atoms with E-state index < -0.39 is 0 Å². The molecule has 2 rings (SSSR count). The predicted molar refractivity (Wildman–Crippen MR) is 72.8 cm³/mol. The molecule has 2 nitrogen and oxygen atoms in total. The van der Waals surface area contributed by atoms with Crippen LogP contribution in [0.25, 0.3) is 0 Å². The number of benzene rings is 1.